The lowest BCUT2D eigenvalue weighted by Gasteiger charge is -2.23. The topological polar surface area (TPSA) is 61.9 Å². The van der Waals surface area contributed by atoms with Crippen LogP contribution in [0.5, 0.6) is 0 Å². The van der Waals surface area contributed by atoms with Crippen LogP contribution in [0.25, 0.3) is 0 Å². The van der Waals surface area contributed by atoms with Crippen LogP contribution >= 0.6 is 12.2 Å². The fraction of sp³-hybridized carbons (Fsp3) is 0.375. The molecule has 2 aromatic heterocycles. The molecule has 0 bridgehead atoms. The van der Waals surface area contributed by atoms with E-state index in [-0.39, 0.29) is 11.7 Å². The SMILES string of the molecule is O=C(NC(=S)N1CCCN(Cc2ccco2)CC1)c1ccco1. The minimum Gasteiger partial charge on any atom is -0.468 e. The molecule has 1 amide bonds. The van der Waals surface area contributed by atoms with E-state index in [9.17, 15) is 4.79 Å². The van der Waals surface area contributed by atoms with E-state index < -0.39 is 0 Å². The molecule has 0 aliphatic carbocycles. The zero-order valence-corrected chi connectivity index (χ0v) is 13.6. The Balaban J connectivity index is 1.51. The third kappa shape index (κ3) is 4.20. The molecular weight excluding hydrogens is 314 g/mol. The van der Waals surface area contributed by atoms with Gasteiger partial charge in [0.05, 0.1) is 19.1 Å². The van der Waals surface area contributed by atoms with Gasteiger partial charge in [0, 0.05) is 26.2 Å². The van der Waals surface area contributed by atoms with Crippen LogP contribution in [0.2, 0.25) is 0 Å². The lowest BCUT2D eigenvalue weighted by atomic mass is 10.3. The summed E-state index contributed by atoms with van der Waals surface area (Å²) in [6.45, 7) is 4.25. The maximum atomic E-state index is 12.0. The Hall–Kier alpha value is -2.12. The number of amides is 1. The van der Waals surface area contributed by atoms with E-state index >= 15 is 0 Å². The first-order valence-corrected chi connectivity index (χ1v) is 8.02. The summed E-state index contributed by atoms with van der Waals surface area (Å²) in [4.78, 5) is 16.3. The standard InChI is InChI=1S/C16H19N3O3S/c20-15(14-5-2-11-22-14)17-16(23)19-7-3-6-18(8-9-19)12-13-4-1-10-21-13/h1-2,4-5,10-11H,3,6-9,12H2,(H,17,20,23). The van der Waals surface area contributed by atoms with Crippen molar-refractivity contribution in [2.45, 2.75) is 13.0 Å². The van der Waals surface area contributed by atoms with Crippen molar-refractivity contribution in [3.8, 4) is 0 Å². The summed E-state index contributed by atoms with van der Waals surface area (Å²) >= 11 is 5.35. The summed E-state index contributed by atoms with van der Waals surface area (Å²) in [7, 11) is 0. The summed E-state index contributed by atoms with van der Waals surface area (Å²) in [6.07, 6.45) is 4.15. The van der Waals surface area contributed by atoms with Crippen molar-refractivity contribution in [1.29, 1.82) is 0 Å². The van der Waals surface area contributed by atoms with Gasteiger partial charge in [-0.2, -0.15) is 0 Å². The summed E-state index contributed by atoms with van der Waals surface area (Å²) in [5.41, 5.74) is 0. The predicted molar refractivity (Wildman–Crippen MR) is 88.9 cm³/mol. The third-order valence-electron chi connectivity index (χ3n) is 3.80. The Labute approximate surface area is 140 Å². The van der Waals surface area contributed by atoms with Crippen LogP contribution in [-0.2, 0) is 6.54 Å². The van der Waals surface area contributed by atoms with Gasteiger partial charge in [-0.15, -0.1) is 0 Å². The third-order valence-corrected chi connectivity index (χ3v) is 4.16. The molecule has 7 heteroatoms. The van der Waals surface area contributed by atoms with Gasteiger partial charge in [-0.1, -0.05) is 0 Å². The molecule has 0 aromatic carbocycles. The molecule has 1 aliphatic heterocycles. The Bertz CT molecular complexity index is 640. The molecule has 1 saturated heterocycles. The first kappa shape index (κ1) is 15.8. The fourth-order valence-corrected chi connectivity index (χ4v) is 2.88. The quantitative estimate of drug-likeness (QED) is 0.868. The van der Waals surface area contributed by atoms with Crippen LogP contribution in [0.1, 0.15) is 22.7 Å². The van der Waals surface area contributed by atoms with E-state index in [1.807, 2.05) is 17.0 Å². The molecule has 0 saturated carbocycles. The van der Waals surface area contributed by atoms with Crippen molar-refractivity contribution in [1.82, 2.24) is 15.1 Å². The summed E-state index contributed by atoms with van der Waals surface area (Å²) < 4.78 is 10.5. The van der Waals surface area contributed by atoms with Crippen LogP contribution in [0.3, 0.4) is 0 Å². The number of nitrogens with zero attached hydrogens (tertiary/aromatic N) is 2. The molecule has 0 spiro atoms. The molecule has 1 aliphatic rings. The highest BCUT2D eigenvalue weighted by atomic mass is 32.1. The fourth-order valence-electron chi connectivity index (χ4n) is 2.60. The van der Waals surface area contributed by atoms with E-state index in [0.717, 1.165) is 44.9 Å². The lowest BCUT2D eigenvalue weighted by molar-refractivity contribution is 0.0946. The van der Waals surface area contributed by atoms with Crippen molar-refractivity contribution in [2.24, 2.45) is 0 Å². The highest BCUT2D eigenvalue weighted by Gasteiger charge is 2.19. The molecule has 3 heterocycles. The van der Waals surface area contributed by atoms with E-state index in [1.165, 1.54) is 6.26 Å². The lowest BCUT2D eigenvalue weighted by Crippen LogP contribution is -2.44. The maximum Gasteiger partial charge on any atom is 0.293 e. The molecule has 0 radical (unpaired) electrons. The van der Waals surface area contributed by atoms with Gasteiger partial charge in [-0.25, -0.2) is 0 Å². The van der Waals surface area contributed by atoms with Gasteiger partial charge >= 0.3 is 0 Å². The van der Waals surface area contributed by atoms with Crippen LogP contribution < -0.4 is 5.32 Å². The van der Waals surface area contributed by atoms with Gasteiger partial charge in [0.1, 0.15) is 5.76 Å². The van der Waals surface area contributed by atoms with Crippen molar-refractivity contribution in [3.05, 3.63) is 48.3 Å². The highest BCUT2D eigenvalue weighted by molar-refractivity contribution is 7.80. The van der Waals surface area contributed by atoms with Crippen molar-refractivity contribution < 1.29 is 13.6 Å². The second kappa shape index (κ2) is 7.43. The average Bonchev–Trinajstić information content (AvgIpc) is 3.19. The van der Waals surface area contributed by atoms with Gasteiger partial charge in [0.25, 0.3) is 5.91 Å². The highest BCUT2D eigenvalue weighted by Crippen LogP contribution is 2.10. The Morgan fingerprint density at radius 2 is 1.96 bits per heavy atom. The smallest absolute Gasteiger partial charge is 0.293 e. The normalized spacial score (nSPS) is 16.1. The Morgan fingerprint density at radius 3 is 2.70 bits per heavy atom. The van der Waals surface area contributed by atoms with E-state index in [4.69, 9.17) is 21.1 Å². The van der Waals surface area contributed by atoms with Crippen LogP contribution in [0, 0.1) is 0 Å². The first-order chi connectivity index (χ1) is 11.2. The zero-order valence-electron chi connectivity index (χ0n) is 12.7. The predicted octanol–water partition coefficient (Wildman–Crippen LogP) is 2.10. The first-order valence-electron chi connectivity index (χ1n) is 7.61. The average molecular weight is 333 g/mol. The van der Waals surface area contributed by atoms with Crippen LogP contribution in [0.15, 0.2) is 45.6 Å². The molecule has 23 heavy (non-hydrogen) atoms. The number of thiocarbonyl (C=S) groups is 1. The summed E-state index contributed by atoms with van der Waals surface area (Å²) in [6, 6.07) is 7.18. The number of nitrogens with one attached hydrogen (secondary N) is 1. The van der Waals surface area contributed by atoms with Crippen molar-refractivity contribution in [3.63, 3.8) is 0 Å². The van der Waals surface area contributed by atoms with E-state index in [2.05, 4.69) is 10.2 Å². The molecule has 0 unspecified atom stereocenters. The number of hydrogen-bond acceptors (Lipinski definition) is 5. The van der Waals surface area contributed by atoms with Crippen molar-refractivity contribution in [2.75, 3.05) is 26.2 Å². The minimum atomic E-state index is -0.309. The molecular formula is C16H19N3O3S. The van der Waals surface area contributed by atoms with E-state index in [1.54, 1.807) is 18.4 Å². The number of hydrogen-bond donors (Lipinski definition) is 1. The molecule has 6 nitrogen and oxygen atoms in total. The minimum absolute atomic E-state index is 0.265. The molecule has 1 fully saturated rings. The van der Waals surface area contributed by atoms with Crippen LogP contribution in [0.4, 0.5) is 0 Å². The Kier molecular flexibility index (Phi) is 5.09. The second-order valence-corrected chi connectivity index (χ2v) is 5.82. The molecule has 3 rings (SSSR count). The van der Waals surface area contributed by atoms with Gasteiger partial charge in [0.15, 0.2) is 10.9 Å². The van der Waals surface area contributed by atoms with E-state index in [0.29, 0.717) is 5.11 Å². The summed E-state index contributed by atoms with van der Waals surface area (Å²) in [5, 5.41) is 3.18. The Morgan fingerprint density at radius 1 is 1.13 bits per heavy atom. The largest absolute Gasteiger partial charge is 0.468 e. The van der Waals surface area contributed by atoms with Gasteiger partial charge < -0.3 is 13.7 Å². The maximum absolute atomic E-state index is 12.0. The van der Waals surface area contributed by atoms with Crippen molar-refractivity contribution >= 4 is 23.2 Å². The van der Waals surface area contributed by atoms with Gasteiger partial charge in [-0.3, -0.25) is 15.0 Å². The molecule has 122 valence electrons. The second-order valence-electron chi connectivity index (χ2n) is 5.43. The van der Waals surface area contributed by atoms with Gasteiger partial charge in [0.2, 0.25) is 0 Å². The number of rotatable bonds is 3. The molecule has 1 N–H and O–H groups in total. The molecule has 2 aromatic rings. The summed E-state index contributed by atoms with van der Waals surface area (Å²) in [5.74, 6) is 0.922. The molecule has 0 atom stereocenters. The number of furan rings is 2. The monoisotopic (exact) mass is 333 g/mol. The number of carbonyl (C=O) groups excluding carboxylic acids is 1. The van der Waals surface area contributed by atoms with Gasteiger partial charge in [-0.05, 0) is 42.9 Å². The zero-order chi connectivity index (χ0) is 16.1. The van der Waals surface area contributed by atoms with Crippen LogP contribution in [-0.4, -0.2) is 47.0 Å². The number of carbonyl (C=O) groups is 1.